The molecule has 0 bridgehead atoms. The molecule has 2 aliphatic rings. The number of aryl methyl sites for hydroxylation is 1. The SMILES string of the molecule is Cc1ccc(N2C(=O)CC(N3CCN(CCOCCO)CC3)C2=O)cc1. The largest absolute Gasteiger partial charge is 0.394 e. The fourth-order valence-corrected chi connectivity index (χ4v) is 3.53. The van der Waals surface area contributed by atoms with E-state index >= 15 is 0 Å². The van der Waals surface area contributed by atoms with Crippen molar-refractivity contribution >= 4 is 17.5 Å². The smallest absolute Gasteiger partial charge is 0.251 e. The van der Waals surface area contributed by atoms with Crippen molar-refractivity contribution in [3.05, 3.63) is 29.8 Å². The third-order valence-electron chi connectivity index (χ3n) is 5.05. The van der Waals surface area contributed by atoms with Crippen molar-refractivity contribution in [3.8, 4) is 0 Å². The molecule has 2 saturated heterocycles. The molecule has 1 atom stereocenters. The highest BCUT2D eigenvalue weighted by Gasteiger charge is 2.43. The maximum absolute atomic E-state index is 12.8. The van der Waals surface area contributed by atoms with Crippen LogP contribution in [0.5, 0.6) is 0 Å². The van der Waals surface area contributed by atoms with Crippen LogP contribution in [-0.2, 0) is 14.3 Å². The Hall–Kier alpha value is -1.80. The molecule has 1 unspecified atom stereocenters. The van der Waals surface area contributed by atoms with Crippen molar-refractivity contribution in [2.75, 3.05) is 57.4 Å². The maximum Gasteiger partial charge on any atom is 0.251 e. The molecule has 142 valence electrons. The molecule has 2 amide bonds. The van der Waals surface area contributed by atoms with Gasteiger partial charge in [-0.15, -0.1) is 0 Å². The Labute approximate surface area is 154 Å². The van der Waals surface area contributed by atoms with Crippen molar-refractivity contribution in [1.29, 1.82) is 0 Å². The number of rotatable bonds is 7. The Morgan fingerprint density at radius 3 is 2.42 bits per heavy atom. The summed E-state index contributed by atoms with van der Waals surface area (Å²) in [5.41, 5.74) is 1.76. The molecular formula is C19H27N3O4. The van der Waals surface area contributed by atoms with Gasteiger partial charge in [0.05, 0.1) is 38.0 Å². The predicted octanol–water partition coefficient (Wildman–Crippen LogP) is 0.253. The molecule has 0 spiro atoms. The van der Waals surface area contributed by atoms with Crippen LogP contribution in [0.3, 0.4) is 0 Å². The third kappa shape index (κ3) is 4.29. The first-order valence-corrected chi connectivity index (χ1v) is 9.18. The Kier molecular flexibility index (Phi) is 6.37. The molecule has 0 aliphatic carbocycles. The fraction of sp³-hybridized carbons (Fsp3) is 0.579. The summed E-state index contributed by atoms with van der Waals surface area (Å²) in [7, 11) is 0. The van der Waals surface area contributed by atoms with Gasteiger partial charge in [0.1, 0.15) is 0 Å². The van der Waals surface area contributed by atoms with Crippen LogP contribution in [0.15, 0.2) is 24.3 Å². The summed E-state index contributed by atoms with van der Waals surface area (Å²) in [6.07, 6.45) is 0.256. The molecule has 2 heterocycles. The van der Waals surface area contributed by atoms with Gasteiger partial charge < -0.3 is 9.84 Å². The lowest BCUT2D eigenvalue weighted by Crippen LogP contribution is -2.53. The van der Waals surface area contributed by atoms with E-state index in [2.05, 4.69) is 9.80 Å². The number of hydrogen-bond donors (Lipinski definition) is 1. The Balaban J connectivity index is 1.54. The van der Waals surface area contributed by atoms with Gasteiger partial charge in [0.25, 0.3) is 5.91 Å². The number of amides is 2. The first-order chi connectivity index (χ1) is 12.6. The summed E-state index contributed by atoms with van der Waals surface area (Å²) < 4.78 is 5.30. The van der Waals surface area contributed by atoms with Gasteiger partial charge in [-0.3, -0.25) is 19.4 Å². The number of benzene rings is 1. The normalized spacial score (nSPS) is 22.4. The van der Waals surface area contributed by atoms with Gasteiger partial charge in [0, 0.05) is 32.7 Å². The van der Waals surface area contributed by atoms with E-state index in [1.165, 1.54) is 4.90 Å². The second-order valence-electron chi connectivity index (χ2n) is 6.84. The minimum Gasteiger partial charge on any atom is -0.394 e. The molecule has 7 heteroatoms. The lowest BCUT2D eigenvalue weighted by molar-refractivity contribution is -0.123. The number of piperazine rings is 1. The number of nitrogens with zero attached hydrogens (tertiary/aromatic N) is 3. The molecule has 1 N–H and O–H groups in total. The van der Waals surface area contributed by atoms with Crippen molar-refractivity contribution < 1.29 is 19.4 Å². The summed E-state index contributed by atoms with van der Waals surface area (Å²) >= 11 is 0. The summed E-state index contributed by atoms with van der Waals surface area (Å²) in [6, 6.07) is 7.15. The minimum atomic E-state index is -0.350. The first kappa shape index (κ1) is 19.0. The minimum absolute atomic E-state index is 0.0447. The van der Waals surface area contributed by atoms with Gasteiger partial charge in [0.2, 0.25) is 5.91 Å². The average molecular weight is 361 g/mol. The van der Waals surface area contributed by atoms with Crippen LogP contribution in [0.4, 0.5) is 5.69 Å². The topological polar surface area (TPSA) is 73.3 Å². The van der Waals surface area contributed by atoms with E-state index in [0.29, 0.717) is 18.9 Å². The van der Waals surface area contributed by atoms with Crippen LogP contribution < -0.4 is 4.90 Å². The van der Waals surface area contributed by atoms with Crippen LogP contribution in [0.2, 0.25) is 0 Å². The monoisotopic (exact) mass is 361 g/mol. The molecule has 7 nitrogen and oxygen atoms in total. The second-order valence-corrected chi connectivity index (χ2v) is 6.84. The Morgan fingerprint density at radius 1 is 1.08 bits per heavy atom. The van der Waals surface area contributed by atoms with E-state index in [-0.39, 0.29) is 30.9 Å². The van der Waals surface area contributed by atoms with Crippen LogP contribution >= 0.6 is 0 Å². The molecular weight excluding hydrogens is 334 g/mol. The number of carbonyl (C=O) groups excluding carboxylic acids is 2. The maximum atomic E-state index is 12.8. The highest BCUT2D eigenvalue weighted by molar-refractivity contribution is 6.22. The number of aliphatic hydroxyl groups excluding tert-OH is 1. The molecule has 26 heavy (non-hydrogen) atoms. The number of anilines is 1. The fourth-order valence-electron chi connectivity index (χ4n) is 3.53. The van der Waals surface area contributed by atoms with Gasteiger partial charge in [-0.2, -0.15) is 0 Å². The van der Waals surface area contributed by atoms with E-state index in [9.17, 15) is 9.59 Å². The number of carbonyl (C=O) groups is 2. The predicted molar refractivity (Wildman–Crippen MR) is 98.0 cm³/mol. The summed E-state index contributed by atoms with van der Waals surface area (Å²) in [4.78, 5) is 31.0. The first-order valence-electron chi connectivity index (χ1n) is 9.18. The molecule has 2 aliphatic heterocycles. The van der Waals surface area contributed by atoms with Crippen LogP contribution in [0, 0.1) is 6.92 Å². The van der Waals surface area contributed by atoms with Gasteiger partial charge in [-0.25, -0.2) is 4.90 Å². The Bertz CT molecular complexity index is 626. The third-order valence-corrected chi connectivity index (χ3v) is 5.05. The van der Waals surface area contributed by atoms with Gasteiger partial charge in [-0.05, 0) is 19.1 Å². The van der Waals surface area contributed by atoms with Crippen molar-refractivity contribution in [1.82, 2.24) is 9.80 Å². The van der Waals surface area contributed by atoms with Crippen LogP contribution in [0.25, 0.3) is 0 Å². The van der Waals surface area contributed by atoms with Crippen LogP contribution in [-0.4, -0.2) is 85.3 Å². The zero-order valence-electron chi connectivity index (χ0n) is 15.3. The zero-order chi connectivity index (χ0) is 18.5. The lowest BCUT2D eigenvalue weighted by Gasteiger charge is -2.36. The van der Waals surface area contributed by atoms with E-state index in [4.69, 9.17) is 9.84 Å². The van der Waals surface area contributed by atoms with E-state index in [0.717, 1.165) is 38.3 Å². The number of imide groups is 1. The van der Waals surface area contributed by atoms with E-state index in [1.807, 2.05) is 31.2 Å². The second kappa shape index (κ2) is 8.73. The van der Waals surface area contributed by atoms with Crippen molar-refractivity contribution in [2.24, 2.45) is 0 Å². The van der Waals surface area contributed by atoms with E-state index < -0.39 is 0 Å². The van der Waals surface area contributed by atoms with Gasteiger partial charge >= 0.3 is 0 Å². The van der Waals surface area contributed by atoms with Gasteiger partial charge in [0.15, 0.2) is 0 Å². The number of ether oxygens (including phenoxy) is 1. The lowest BCUT2D eigenvalue weighted by atomic mass is 10.1. The molecule has 0 radical (unpaired) electrons. The number of aliphatic hydroxyl groups is 1. The van der Waals surface area contributed by atoms with Crippen molar-refractivity contribution in [3.63, 3.8) is 0 Å². The molecule has 3 rings (SSSR count). The average Bonchev–Trinajstić information content (AvgIpc) is 2.95. The molecule has 2 fully saturated rings. The summed E-state index contributed by atoms with van der Waals surface area (Å²) in [6.45, 7) is 7.06. The van der Waals surface area contributed by atoms with Gasteiger partial charge in [-0.1, -0.05) is 17.7 Å². The zero-order valence-corrected chi connectivity index (χ0v) is 15.3. The summed E-state index contributed by atoms with van der Waals surface area (Å²) in [5, 5.41) is 8.71. The standard InChI is InChI=1S/C19H27N3O4/c1-15-2-4-16(5-3-15)22-18(24)14-17(19(22)25)21-8-6-20(7-9-21)10-12-26-13-11-23/h2-5,17,23H,6-14H2,1H3. The highest BCUT2D eigenvalue weighted by Crippen LogP contribution is 2.26. The number of hydrogen-bond acceptors (Lipinski definition) is 6. The highest BCUT2D eigenvalue weighted by atomic mass is 16.5. The van der Waals surface area contributed by atoms with Crippen molar-refractivity contribution in [2.45, 2.75) is 19.4 Å². The van der Waals surface area contributed by atoms with E-state index in [1.54, 1.807) is 0 Å². The summed E-state index contributed by atoms with van der Waals surface area (Å²) in [5.74, 6) is -0.234. The molecule has 1 aromatic rings. The van der Waals surface area contributed by atoms with Crippen LogP contribution in [0.1, 0.15) is 12.0 Å². The quantitative estimate of drug-likeness (QED) is 0.555. The molecule has 0 aromatic heterocycles. The Morgan fingerprint density at radius 2 is 1.77 bits per heavy atom. The molecule has 1 aromatic carbocycles. The molecule has 0 saturated carbocycles.